The number of nitro groups is 1. The first kappa shape index (κ1) is 16.8. The van der Waals surface area contributed by atoms with Crippen molar-refractivity contribution in [3.05, 3.63) is 39.4 Å². The quantitative estimate of drug-likeness (QED) is 0.444. The van der Waals surface area contributed by atoms with Crippen molar-refractivity contribution in [2.45, 2.75) is 27.7 Å². The van der Waals surface area contributed by atoms with E-state index >= 15 is 0 Å². The molecule has 0 aromatic heterocycles. The summed E-state index contributed by atoms with van der Waals surface area (Å²) in [4.78, 5) is 33.7. The number of nitro benzene ring substituents is 1. The van der Waals surface area contributed by atoms with Crippen LogP contribution in [0.25, 0.3) is 0 Å². The summed E-state index contributed by atoms with van der Waals surface area (Å²) in [5, 5.41) is 10.5. The van der Waals surface area contributed by atoms with Crippen molar-refractivity contribution < 1.29 is 14.5 Å². The molecule has 0 saturated carbocycles. The van der Waals surface area contributed by atoms with Crippen LogP contribution in [0, 0.1) is 10.1 Å². The predicted molar refractivity (Wildman–Crippen MR) is 72.2 cm³/mol. The highest BCUT2D eigenvalue weighted by atomic mass is 16.6. The maximum Gasteiger partial charge on any atom is 0.270 e. The van der Waals surface area contributed by atoms with Gasteiger partial charge in [-0.3, -0.25) is 24.6 Å². The molecule has 2 rings (SSSR count). The Morgan fingerprint density at radius 2 is 1.47 bits per heavy atom. The van der Waals surface area contributed by atoms with Crippen LogP contribution in [-0.4, -0.2) is 28.7 Å². The Balaban J connectivity index is 0.000000741. The van der Waals surface area contributed by atoms with E-state index in [1.807, 2.05) is 27.7 Å². The molecule has 0 aliphatic carbocycles. The van der Waals surface area contributed by atoms with E-state index < -0.39 is 16.7 Å². The minimum atomic E-state index is -0.601. The third kappa shape index (κ3) is 3.15. The van der Waals surface area contributed by atoms with Gasteiger partial charge in [0.15, 0.2) is 0 Å². The van der Waals surface area contributed by atoms with Gasteiger partial charge in [0.05, 0.1) is 16.1 Å². The standard InChI is InChI=1S/C9H6N2O4.2C2H6/c1-10-8(12)6-3-2-5(11(14)15)4-7(6)9(10)13;2*1-2/h2-4H,1H3;2*1-2H3. The van der Waals surface area contributed by atoms with Crippen LogP contribution >= 0.6 is 0 Å². The first-order chi connectivity index (χ1) is 9.02. The molecule has 0 N–H and O–H groups in total. The molecular formula is C13H18N2O4. The molecule has 0 bridgehead atoms. The molecule has 0 spiro atoms. The van der Waals surface area contributed by atoms with Gasteiger partial charge in [0, 0.05) is 19.2 Å². The summed E-state index contributed by atoms with van der Waals surface area (Å²) in [5.41, 5.74) is 0.120. The zero-order chi connectivity index (χ0) is 15.2. The fraction of sp³-hybridized carbons (Fsp3) is 0.385. The fourth-order valence-electron chi connectivity index (χ4n) is 1.46. The normalized spacial score (nSPS) is 11.9. The minimum Gasteiger partial charge on any atom is -0.277 e. The third-order valence-electron chi connectivity index (χ3n) is 2.28. The molecule has 0 radical (unpaired) electrons. The van der Waals surface area contributed by atoms with Gasteiger partial charge in [-0.1, -0.05) is 27.7 Å². The van der Waals surface area contributed by atoms with Crippen molar-refractivity contribution in [1.29, 1.82) is 0 Å². The SMILES string of the molecule is CC.CC.CN1C(=O)c2ccc([N+](=O)[O-])cc2C1=O. The van der Waals surface area contributed by atoms with E-state index in [0.29, 0.717) is 0 Å². The van der Waals surface area contributed by atoms with E-state index in [-0.39, 0.29) is 16.8 Å². The highest BCUT2D eigenvalue weighted by Crippen LogP contribution is 2.25. The molecule has 1 heterocycles. The van der Waals surface area contributed by atoms with Crippen LogP contribution in [0.15, 0.2) is 18.2 Å². The van der Waals surface area contributed by atoms with Crippen molar-refractivity contribution in [3.63, 3.8) is 0 Å². The van der Waals surface area contributed by atoms with Gasteiger partial charge in [0.1, 0.15) is 0 Å². The lowest BCUT2D eigenvalue weighted by Gasteiger charge is -2.02. The molecule has 1 aliphatic rings. The van der Waals surface area contributed by atoms with E-state index in [1.165, 1.54) is 19.2 Å². The van der Waals surface area contributed by atoms with Gasteiger partial charge >= 0.3 is 0 Å². The molecule has 6 nitrogen and oxygen atoms in total. The molecule has 2 amide bonds. The van der Waals surface area contributed by atoms with E-state index in [2.05, 4.69) is 0 Å². The summed E-state index contributed by atoms with van der Waals surface area (Å²) < 4.78 is 0. The highest BCUT2D eigenvalue weighted by Gasteiger charge is 2.33. The van der Waals surface area contributed by atoms with Gasteiger partial charge in [0.2, 0.25) is 0 Å². The monoisotopic (exact) mass is 266 g/mol. The lowest BCUT2D eigenvalue weighted by atomic mass is 10.1. The highest BCUT2D eigenvalue weighted by molar-refractivity contribution is 6.21. The average molecular weight is 266 g/mol. The van der Waals surface area contributed by atoms with Gasteiger partial charge in [-0.25, -0.2) is 0 Å². The number of carbonyl (C=O) groups excluding carboxylic acids is 2. The second-order valence-electron chi connectivity index (χ2n) is 3.16. The second-order valence-corrected chi connectivity index (χ2v) is 3.16. The molecule has 0 unspecified atom stereocenters. The van der Waals surface area contributed by atoms with Gasteiger partial charge < -0.3 is 0 Å². The average Bonchev–Trinajstić information content (AvgIpc) is 2.68. The number of amides is 2. The van der Waals surface area contributed by atoms with Crippen LogP contribution in [0.4, 0.5) is 5.69 Å². The number of hydrogen-bond acceptors (Lipinski definition) is 4. The summed E-state index contributed by atoms with van der Waals surface area (Å²) in [5.74, 6) is -0.927. The van der Waals surface area contributed by atoms with E-state index in [4.69, 9.17) is 0 Å². The molecule has 0 fully saturated rings. The number of imide groups is 1. The van der Waals surface area contributed by atoms with Crippen LogP contribution in [0.5, 0.6) is 0 Å². The smallest absolute Gasteiger partial charge is 0.270 e. The number of benzene rings is 1. The lowest BCUT2D eigenvalue weighted by Crippen LogP contribution is -2.24. The van der Waals surface area contributed by atoms with Gasteiger partial charge in [-0.2, -0.15) is 0 Å². The van der Waals surface area contributed by atoms with Gasteiger partial charge in [-0.15, -0.1) is 0 Å². The molecule has 1 aliphatic heterocycles. The molecule has 19 heavy (non-hydrogen) atoms. The van der Waals surface area contributed by atoms with Crippen molar-refractivity contribution >= 4 is 17.5 Å². The Labute approximate surface area is 112 Å². The topological polar surface area (TPSA) is 80.5 Å². The summed E-state index contributed by atoms with van der Waals surface area (Å²) in [6.07, 6.45) is 0. The molecule has 0 atom stereocenters. The first-order valence-electron chi connectivity index (χ1n) is 6.13. The maximum atomic E-state index is 11.5. The largest absolute Gasteiger partial charge is 0.277 e. The van der Waals surface area contributed by atoms with Crippen LogP contribution in [0.2, 0.25) is 0 Å². The number of non-ortho nitro benzene ring substituents is 1. The number of carbonyl (C=O) groups is 2. The van der Waals surface area contributed by atoms with Crippen molar-refractivity contribution in [2.24, 2.45) is 0 Å². The van der Waals surface area contributed by atoms with Crippen LogP contribution in [0.3, 0.4) is 0 Å². The zero-order valence-corrected chi connectivity index (χ0v) is 11.8. The Bertz CT molecular complexity index is 497. The van der Waals surface area contributed by atoms with Crippen LogP contribution < -0.4 is 0 Å². The summed E-state index contributed by atoms with van der Waals surface area (Å²) in [7, 11) is 1.34. The molecule has 1 aromatic rings. The van der Waals surface area contributed by atoms with Crippen LogP contribution in [0.1, 0.15) is 48.4 Å². The van der Waals surface area contributed by atoms with Gasteiger partial charge in [-0.05, 0) is 6.07 Å². The number of hydrogen-bond donors (Lipinski definition) is 0. The fourth-order valence-corrected chi connectivity index (χ4v) is 1.46. The zero-order valence-electron chi connectivity index (χ0n) is 11.8. The Kier molecular flexibility index (Phi) is 6.40. The molecule has 0 saturated heterocycles. The second kappa shape index (κ2) is 7.25. The van der Waals surface area contributed by atoms with Crippen LogP contribution in [-0.2, 0) is 0 Å². The van der Waals surface area contributed by atoms with E-state index in [9.17, 15) is 19.7 Å². The summed E-state index contributed by atoms with van der Waals surface area (Å²) in [6, 6.07) is 3.64. The van der Waals surface area contributed by atoms with E-state index in [0.717, 1.165) is 11.0 Å². The minimum absolute atomic E-state index is 0.0942. The predicted octanol–water partition coefficient (Wildman–Crippen LogP) is 2.87. The first-order valence-corrected chi connectivity index (χ1v) is 6.13. The summed E-state index contributed by atoms with van der Waals surface area (Å²) in [6.45, 7) is 8.00. The van der Waals surface area contributed by atoms with Crippen molar-refractivity contribution in [3.8, 4) is 0 Å². The van der Waals surface area contributed by atoms with Crippen molar-refractivity contribution in [2.75, 3.05) is 7.05 Å². The lowest BCUT2D eigenvalue weighted by molar-refractivity contribution is -0.384. The number of nitrogens with zero attached hydrogens (tertiary/aromatic N) is 2. The molecule has 1 aromatic carbocycles. The third-order valence-corrected chi connectivity index (χ3v) is 2.28. The van der Waals surface area contributed by atoms with Gasteiger partial charge in [0.25, 0.3) is 17.5 Å². The maximum absolute atomic E-state index is 11.5. The Morgan fingerprint density at radius 1 is 1.00 bits per heavy atom. The molecule has 6 heteroatoms. The molecule has 104 valence electrons. The van der Waals surface area contributed by atoms with Crippen molar-refractivity contribution in [1.82, 2.24) is 4.90 Å². The molecular weight excluding hydrogens is 248 g/mol. The Hall–Kier alpha value is -2.24. The number of fused-ring (bicyclic) bond motifs is 1. The summed E-state index contributed by atoms with van der Waals surface area (Å²) >= 11 is 0. The Morgan fingerprint density at radius 3 is 1.95 bits per heavy atom. The van der Waals surface area contributed by atoms with E-state index in [1.54, 1.807) is 0 Å². The number of rotatable bonds is 1.